The summed E-state index contributed by atoms with van der Waals surface area (Å²) in [6.45, 7) is 3.46. The van der Waals surface area contributed by atoms with E-state index in [2.05, 4.69) is 5.32 Å². The van der Waals surface area contributed by atoms with E-state index < -0.39 is 0 Å². The molecule has 0 spiro atoms. The summed E-state index contributed by atoms with van der Waals surface area (Å²) in [5.41, 5.74) is 8.98. The van der Waals surface area contributed by atoms with Crippen molar-refractivity contribution in [2.45, 2.75) is 6.92 Å². The van der Waals surface area contributed by atoms with E-state index in [0.717, 1.165) is 30.2 Å². The second kappa shape index (κ2) is 8.96. The summed E-state index contributed by atoms with van der Waals surface area (Å²) < 4.78 is 0. The van der Waals surface area contributed by atoms with Gasteiger partial charge in [-0.2, -0.15) is 11.8 Å². The molecule has 7 heteroatoms. The maximum atomic E-state index is 12.6. The van der Waals surface area contributed by atoms with Crippen LogP contribution in [0, 0.1) is 6.92 Å². The lowest BCUT2D eigenvalue weighted by Crippen LogP contribution is -2.37. The number of rotatable bonds is 3. The molecule has 1 saturated heterocycles. The van der Waals surface area contributed by atoms with E-state index in [1.165, 1.54) is 0 Å². The maximum absolute atomic E-state index is 12.6. The summed E-state index contributed by atoms with van der Waals surface area (Å²) in [5.74, 6) is 1.80. The number of nitrogens with zero attached hydrogens (tertiary/aromatic N) is 1. The molecule has 1 aliphatic heterocycles. The van der Waals surface area contributed by atoms with Crippen molar-refractivity contribution in [2.24, 2.45) is 0 Å². The first kappa shape index (κ1) is 20.1. The van der Waals surface area contributed by atoms with Crippen LogP contribution in [0.15, 0.2) is 42.5 Å². The van der Waals surface area contributed by atoms with Gasteiger partial charge in [0.05, 0.1) is 0 Å². The van der Waals surface area contributed by atoms with Gasteiger partial charge in [-0.3, -0.25) is 9.59 Å². The normalized spacial score (nSPS) is 13.7. The Morgan fingerprint density at radius 1 is 1.08 bits per heavy atom. The quantitative estimate of drug-likeness (QED) is 0.786. The number of amides is 2. The number of carbonyl (C=O) groups excluding carboxylic acids is 2. The highest BCUT2D eigenvalue weighted by molar-refractivity contribution is 7.99. The number of nitrogen functional groups attached to an aromatic ring is 1. The van der Waals surface area contributed by atoms with E-state index in [4.69, 9.17) is 5.73 Å². The van der Waals surface area contributed by atoms with Gasteiger partial charge in [-0.15, -0.1) is 12.4 Å². The van der Waals surface area contributed by atoms with Crippen LogP contribution < -0.4 is 11.1 Å². The van der Waals surface area contributed by atoms with Gasteiger partial charge in [0.15, 0.2) is 0 Å². The van der Waals surface area contributed by atoms with E-state index in [1.807, 2.05) is 29.7 Å². The van der Waals surface area contributed by atoms with Crippen LogP contribution in [0.5, 0.6) is 0 Å². The third-order valence-corrected chi connectivity index (χ3v) is 5.11. The lowest BCUT2D eigenvalue weighted by Gasteiger charge is -2.26. The number of hydrogen-bond donors (Lipinski definition) is 2. The summed E-state index contributed by atoms with van der Waals surface area (Å²) in [4.78, 5) is 26.8. The fraction of sp³-hybridized carbons (Fsp3) is 0.263. The number of thioether (sulfide) groups is 1. The van der Waals surface area contributed by atoms with E-state index in [0.29, 0.717) is 22.5 Å². The van der Waals surface area contributed by atoms with E-state index in [-0.39, 0.29) is 24.2 Å². The zero-order chi connectivity index (χ0) is 17.8. The van der Waals surface area contributed by atoms with Crippen LogP contribution in [-0.2, 0) is 0 Å². The molecule has 26 heavy (non-hydrogen) atoms. The van der Waals surface area contributed by atoms with Gasteiger partial charge in [-0.25, -0.2) is 0 Å². The lowest BCUT2D eigenvalue weighted by molar-refractivity contribution is 0.0772. The molecule has 3 rings (SSSR count). The largest absolute Gasteiger partial charge is 0.399 e. The first-order valence-electron chi connectivity index (χ1n) is 8.19. The monoisotopic (exact) mass is 391 g/mol. The SMILES string of the molecule is Cc1cc(C(=O)N2CCSCC2)ccc1NC(=O)c1cccc(N)c1.Cl. The molecule has 0 aromatic heterocycles. The molecular weight excluding hydrogens is 370 g/mol. The van der Waals surface area contributed by atoms with Crippen molar-refractivity contribution < 1.29 is 9.59 Å². The number of benzene rings is 2. The Morgan fingerprint density at radius 3 is 2.46 bits per heavy atom. The molecule has 0 atom stereocenters. The highest BCUT2D eigenvalue weighted by Gasteiger charge is 2.19. The van der Waals surface area contributed by atoms with Gasteiger partial charge in [-0.1, -0.05) is 6.07 Å². The zero-order valence-corrected chi connectivity index (χ0v) is 16.2. The molecule has 0 aliphatic carbocycles. The average molecular weight is 392 g/mol. The second-order valence-corrected chi connectivity index (χ2v) is 7.24. The molecule has 2 amide bonds. The third-order valence-electron chi connectivity index (χ3n) is 4.17. The molecule has 1 heterocycles. The van der Waals surface area contributed by atoms with Crippen LogP contribution >= 0.6 is 24.2 Å². The highest BCUT2D eigenvalue weighted by atomic mass is 35.5. The highest BCUT2D eigenvalue weighted by Crippen LogP contribution is 2.20. The molecule has 0 saturated carbocycles. The smallest absolute Gasteiger partial charge is 0.255 e. The van der Waals surface area contributed by atoms with E-state index >= 15 is 0 Å². The number of nitrogens with two attached hydrogens (primary N) is 1. The first-order valence-corrected chi connectivity index (χ1v) is 9.34. The van der Waals surface area contributed by atoms with Crippen molar-refractivity contribution >= 4 is 47.4 Å². The van der Waals surface area contributed by atoms with Gasteiger partial charge in [0, 0.05) is 47.1 Å². The molecule has 0 unspecified atom stereocenters. The van der Waals surface area contributed by atoms with Crippen molar-refractivity contribution in [3.63, 3.8) is 0 Å². The number of hydrogen-bond acceptors (Lipinski definition) is 4. The van der Waals surface area contributed by atoms with Gasteiger partial charge in [0.2, 0.25) is 0 Å². The zero-order valence-electron chi connectivity index (χ0n) is 14.5. The first-order chi connectivity index (χ1) is 12.0. The standard InChI is InChI=1S/C19H21N3O2S.ClH/c1-13-11-15(19(24)22-7-9-25-10-8-22)5-6-17(13)21-18(23)14-3-2-4-16(20)12-14;/h2-6,11-12H,7-10,20H2,1H3,(H,21,23);1H. The van der Waals surface area contributed by atoms with Crippen LogP contribution in [0.25, 0.3) is 0 Å². The predicted octanol–water partition coefficient (Wildman–Crippen LogP) is 3.44. The number of aryl methyl sites for hydroxylation is 1. The van der Waals surface area contributed by atoms with Gasteiger partial charge >= 0.3 is 0 Å². The Labute approximate surface area is 163 Å². The van der Waals surface area contributed by atoms with Crippen LogP contribution in [0.4, 0.5) is 11.4 Å². The van der Waals surface area contributed by atoms with Crippen molar-refractivity contribution in [1.29, 1.82) is 0 Å². The summed E-state index contributed by atoms with van der Waals surface area (Å²) in [5, 5.41) is 2.88. The number of halogens is 1. The van der Waals surface area contributed by atoms with Crippen molar-refractivity contribution in [2.75, 3.05) is 35.6 Å². The minimum Gasteiger partial charge on any atom is -0.399 e. The van der Waals surface area contributed by atoms with Gasteiger partial charge < -0.3 is 16.0 Å². The van der Waals surface area contributed by atoms with Gasteiger partial charge in [0.25, 0.3) is 11.8 Å². The maximum Gasteiger partial charge on any atom is 0.255 e. The number of nitrogens with one attached hydrogen (secondary N) is 1. The molecule has 2 aromatic rings. The predicted molar refractivity (Wildman–Crippen MR) is 110 cm³/mol. The number of anilines is 2. The van der Waals surface area contributed by atoms with Crippen LogP contribution in [-0.4, -0.2) is 41.3 Å². The molecule has 0 bridgehead atoms. The Bertz CT molecular complexity index is 807. The molecule has 138 valence electrons. The summed E-state index contributed by atoms with van der Waals surface area (Å²) in [6.07, 6.45) is 0. The minimum atomic E-state index is -0.220. The second-order valence-electron chi connectivity index (χ2n) is 6.01. The molecule has 0 radical (unpaired) electrons. The molecule has 1 aliphatic rings. The Hall–Kier alpha value is -2.18. The number of carbonyl (C=O) groups is 2. The molecule has 2 aromatic carbocycles. The van der Waals surface area contributed by atoms with Crippen LogP contribution in [0.2, 0.25) is 0 Å². The van der Waals surface area contributed by atoms with E-state index in [9.17, 15) is 9.59 Å². The van der Waals surface area contributed by atoms with Gasteiger partial charge in [-0.05, 0) is 48.9 Å². The van der Waals surface area contributed by atoms with Crippen LogP contribution in [0.1, 0.15) is 26.3 Å². The molecule has 1 fully saturated rings. The average Bonchev–Trinajstić information content (AvgIpc) is 2.63. The van der Waals surface area contributed by atoms with Crippen molar-refractivity contribution in [3.05, 3.63) is 59.2 Å². The fourth-order valence-electron chi connectivity index (χ4n) is 2.76. The minimum absolute atomic E-state index is 0. The Kier molecular flexibility index (Phi) is 6.94. The van der Waals surface area contributed by atoms with Gasteiger partial charge in [0.1, 0.15) is 0 Å². The van der Waals surface area contributed by atoms with Crippen LogP contribution in [0.3, 0.4) is 0 Å². The topological polar surface area (TPSA) is 75.4 Å². The summed E-state index contributed by atoms with van der Waals surface area (Å²) in [6, 6.07) is 12.2. The molecular formula is C19H22ClN3O2S. The van der Waals surface area contributed by atoms with E-state index in [1.54, 1.807) is 36.4 Å². The Morgan fingerprint density at radius 2 is 1.81 bits per heavy atom. The molecule has 3 N–H and O–H groups in total. The van der Waals surface area contributed by atoms with Crippen molar-refractivity contribution in [1.82, 2.24) is 4.90 Å². The molecule has 5 nitrogen and oxygen atoms in total. The fourth-order valence-corrected chi connectivity index (χ4v) is 3.66. The summed E-state index contributed by atoms with van der Waals surface area (Å²) in [7, 11) is 0. The lowest BCUT2D eigenvalue weighted by atomic mass is 10.1. The van der Waals surface area contributed by atoms with Crippen molar-refractivity contribution in [3.8, 4) is 0 Å². The third kappa shape index (κ3) is 4.71. The summed E-state index contributed by atoms with van der Waals surface area (Å²) >= 11 is 1.87. The Balaban J connectivity index is 0.00000243.